The van der Waals surface area contributed by atoms with Gasteiger partial charge in [0.25, 0.3) is 0 Å². The van der Waals surface area contributed by atoms with Crippen molar-refractivity contribution in [2.75, 3.05) is 26.4 Å². The van der Waals surface area contributed by atoms with Crippen LogP contribution in [-0.4, -0.2) is 72.0 Å². The van der Waals surface area contributed by atoms with Crippen molar-refractivity contribution in [2.24, 2.45) is 0 Å². The van der Waals surface area contributed by atoms with Gasteiger partial charge in [0.05, 0.1) is 6.10 Å². The van der Waals surface area contributed by atoms with Crippen molar-refractivity contribution < 1.29 is 53.3 Å². The second-order valence-electron chi connectivity index (χ2n) is 13.9. The fourth-order valence-electron chi connectivity index (χ4n) is 5.48. The summed E-state index contributed by atoms with van der Waals surface area (Å²) in [5.41, 5.74) is 3.52. The lowest BCUT2D eigenvalue weighted by Gasteiger charge is -2.20. The first-order valence-electron chi connectivity index (χ1n) is 18.5. The average molecular weight is 769 g/mol. The van der Waals surface area contributed by atoms with E-state index in [1.54, 1.807) is 36.4 Å². The van der Waals surface area contributed by atoms with E-state index in [-0.39, 0.29) is 39.3 Å². The molecule has 0 heterocycles. The summed E-state index contributed by atoms with van der Waals surface area (Å²) in [4.78, 5) is 23.0. The van der Waals surface area contributed by atoms with Gasteiger partial charge in [-0.1, -0.05) is 65.1 Å². The van der Waals surface area contributed by atoms with Gasteiger partial charge in [-0.2, -0.15) is 0 Å². The Kier molecular flexibility index (Phi) is 16.5. The normalized spacial score (nSPS) is 12.7. The molecular weight excluding hydrogens is 716 g/mol. The topological polar surface area (TPSA) is 150 Å². The lowest BCUT2D eigenvalue weighted by Crippen LogP contribution is -2.25. The number of hydrogen-bond donors (Lipinski definition) is 3. The van der Waals surface area contributed by atoms with Crippen LogP contribution in [0.4, 0.5) is 0 Å². The number of benzene rings is 4. The van der Waals surface area contributed by atoms with Crippen molar-refractivity contribution in [1.82, 2.24) is 0 Å². The van der Waals surface area contributed by atoms with Crippen molar-refractivity contribution in [3.8, 4) is 34.5 Å². The molecule has 0 radical (unpaired) electrons. The Balaban J connectivity index is 1.57. The van der Waals surface area contributed by atoms with Crippen molar-refractivity contribution in [1.29, 1.82) is 0 Å². The lowest BCUT2D eigenvalue weighted by atomic mass is 9.99. The van der Waals surface area contributed by atoms with Gasteiger partial charge in [-0.05, 0) is 83.6 Å². The standard InChI is InChI=1S/C45H52O11/c1-7-44(49)53-27-36(47)25-51-42-19-17-40(55-38-13-9-31(10-14-38)29(3)4)23-33(42)21-35(46)22-34-24-41(56-39-15-11-32(12-16-39)30(5)6)18-20-43(34)52-26-37(48)28-54-45(50)8-2/h7-20,23-24,29-30,35-37,46-48H,1-2,21-22,25-28H2,3-6H3. The molecule has 11 heteroatoms. The summed E-state index contributed by atoms with van der Waals surface area (Å²) in [6, 6.07) is 26.0. The first-order chi connectivity index (χ1) is 26.8. The maximum atomic E-state index is 11.6. The van der Waals surface area contributed by atoms with Crippen LogP contribution < -0.4 is 18.9 Å². The molecule has 56 heavy (non-hydrogen) atoms. The van der Waals surface area contributed by atoms with Crippen molar-refractivity contribution >= 4 is 11.9 Å². The zero-order chi connectivity index (χ0) is 40.6. The minimum Gasteiger partial charge on any atom is -0.490 e. The van der Waals surface area contributed by atoms with Gasteiger partial charge in [0.1, 0.15) is 73.1 Å². The van der Waals surface area contributed by atoms with Gasteiger partial charge in [0.15, 0.2) is 0 Å². The number of ether oxygens (including phenoxy) is 6. The van der Waals surface area contributed by atoms with E-state index >= 15 is 0 Å². The minimum absolute atomic E-state index is 0.0989. The summed E-state index contributed by atoms with van der Waals surface area (Å²) >= 11 is 0. The zero-order valence-corrected chi connectivity index (χ0v) is 32.4. The predicted molar refractivity (Wildman–Crippen MR) is 213 cm³/mol. The Hall–Kier alpha value is -5.62. The second kappa shape index (κ2) is 21.5. The summed E-state index contributed by atoms with van der Waals surface area (Å²) in [6.07, 6.45) is -1.01. The molecule has 0 spiro atoms. The molecule has 2 atom stereocenters. The third-order valence-electron chi connectivity index (χ3n) is 8.57. The molecule has 0 saturated heterocycles. The first kappa shape index (κ1) is 43.1. The Morgan fingerprint density at radius 3 is 1.23 bits per heavy atom. The first-order valence-corrected chi connectivity index (χ1v) is 18.5. The third-order valence-corrected chi connectivity index (χ3v) is 8.57. The highest BCUT2D eigenvalue weighted by molar-refractivity contribution is 5.81. The molecule has 2 unspecified atom stereocenters. The fourth-order valence-corrected chi connectivity index (χ4v) is 5.48. The molecule has 0 saturated carbocycles. The van der Waals surface area contributed by atoms with Gasteiger partial charge < -0.3 is 43.7 Å². The molecule has 0 aliphatic carbocycles. The zero-order valence-electron chi connectivity index (χ0n) is 32.4. The monoisotopic (exact) mass is 768 g/mol. The second-order valence-corrected chi connectivity index (χ2v) is 13.9. The van der Waals surface area contributed by atoms with E-state index in [4.69, 9.17) is 28.4 Å². The quantitative estimate of drug-likeness (QED) is 0.0536. The summed E-state index contributed by atoms with van der Waals surface area (Å²) in [7, 11) is 0. The van der Waals surface area contributed by atoms with Crippen LogP contribution in [0.15, 0.2) is 110 Å². The van der Waals surface area contributed by atoms with E-state index in [0.29, 0.717) is 57.5 Å². The molecule has 0 aliphatic heterocycles. The lowest BCUT2D eigenvalue weighted by molar-refractivity contribution is -0.142. The van der Waals surface area contributed by atoms with Crippen LogP contribution in [0, 0.1) is 0 Å². The SMILES string of the molecule is C=CC(=O)OCC(O)COc1ccc(Oc2ccc(C(C)C)cc2)cc1CC(O)Cc1cc(Oc2ccc(C(C)C)cc2)ccc1OCC(O)COC(=O)C=C. The molecule has 0 aliphatic rings. The molecule has 0 amide bonds. The highest BCUT2D eigenvalue weighted by Gasteiger charge is 2.19. The molecule has 11 nitrogen and oxygen atoms in total. The molecule has 0 bridgehead atoms. The molecule has 0 aromatic heterocycles. The van der Waals surface area contributed by atoms with E-state index in [2.05, 4.69) is 40.9 Å². The Labute approximate surface area is 328 Å². The number of aliphatic hydroxyl groups is 3. The summed E-state index contributed by atoms with van der Waals surface area (Å²) in [5, 5.41) is 32.4. The van der Waals surface area contributed by atoms with E-state index in [1.165, 1.54) is 11.1 Å². The number of aliphatic hydroxyl groups excluding tert-OH is 3. The highest BCUT2D eigenvalue weighted by Crippen LogP contribution is 2.33. The number of hydrogen-bond acceptors (Lipinski definition) is 11. The van der Waals surface area contributed by atoms with Gasteiger partial charge in [-0.15, -0.1) is 0 Å². The molecular formula is C45H52O11. The van der Waals surface area contributed by atoms with Crippen LogP contribution in [0.5, 0.6) is 34.5 Å². The summed E-state index contributed by atoms with van der Waals surface area (Å²) in [6.45, 7) is 14.2. The number of esters is 2. The maximum Gasteiger partial charge on any atom is 0.330 e. The van der Waals surface area contributed by atoms with Crippen LogP contribution in [0.2, 0.25) is 0 Å². The largest absolute Gasteiger partial charge is 0.490 e. The highest BCUT2D eigenvalue weighted by atomic mass is 16.6. The average Bonchev–Trinajstić information content (AvgIpc) is 3.18. The van der Waals surface area contributed by atoms with Crippen LogP contribution >= 0.6 is 0 Å². The maximum absolute atomic E-state index is 11.6. The van der Waals surface area contributed by atoms with Gasteiger partial charge >= 0.3 is 11.9 Å². The van der Waals surface area contributed by atoms with E-state index in [1.807, 2.05) is 48.5 Å². The third kappa shape index (κ3) is 13.9. The van der Waals surface area contributed by atoms with Crippen molar-refractivity contribution in [3.05, 3.63) is 132 Å². The number of carbonyl (C=O) groups is 2. The van der Waals surface area contributed by atoms with Crippen LogP contribution in [0.3, 0.4) is 0 Å². The molecule has 298 valence electrons. The molecule has 4 aromatic rings. The number of carbonyl (C=O) groups excluding carboxylic acids is 2. The Morgan fingerprint density at radius 1 is 0.536 bits per heavy atom. The van der Waals surface area contributed by atoms with Gasteiger partial charge in [0.2, 0.25) is 0 Å². The van der Waals surface area contributed by atoms with E-state index < -0.39 is 30.3 Å². The molecule has 4 aromatic carbocycles. The van der Waals surface area contributed by atoms with E-state index in [9.17, 15) is 24.9 Å². The Morgan fingerprint density at radius 2 is 0.893 bits per heavy atom. The number of rotatable bonds is 22. The molecule has 0 fully saturated rings. The van der Waals surface area contributed by atoms with E-state index in [0.717, 1.165) is 12.2 Å². The summed E-state index contributed by atoms with van der Waals surface area (Å²) in [5.74, 6) is 2.45. The van der Waals surface area contributed by atoms with Gasteiger partial charge in [-0.3, -0.25) is 0 Å². The molecule has 4 rings (SSSR count). The minimum atomic E-state index is -1.12. The van der Waals surface area contributed by atoms with Gasteiger partial charge in [0, 0.05) is 36.1 Å². The van der Waals surface area contributed by atoms with Crippen LogP contribution in [0.1, 0.15) is 61.8 Å². The van der Waals surface area contributed by atoms with Gasteiger partial charge in [-0.25, -0.2) is 9.59 Å². The van der Waals surface area contributed by atoms with Crippen LogP contribution in [0.25, 0.3) is 0 Å². The fraction of sp³-hybridized carbons (Fsp3) is 0.333. The smallest absolute Gasteiger partial charge is 0.330 e. The Bertz CT molecular complexity index is 1750. The van der Waals surface area contributed by atoms with Crippen LogP contribution in [-0.2, 0) is 31.9 Å². The molecule has 3 N–H and O–H groups in total. The predicted octanol–water partition coefficient (Wildman–Crippen LogP) is 7.60. The summed E-state index contributed by atoms with van der Waals surface area (Å²) < 4.78 is 34.1. The van der Waals surface area contributed by atoms with Crippen molar-refractivity contribution in [3.63, 3.8) is 0 Å². The van der Waals surface area contributed by atoms with Crippen molar-refractivity contribution in [2.45, 2.75) is 70.7 Å².